The molecule has 0 bridgehead atoms. The Hall–Kier alpha value is -0.940. The molecular weight excluding hydrogens is 250 g/mol. The molecule has 6 heteroatoms. The van der Waals surface area contributed by atoms with E-state index in [0.717, 1.165) is 5.56 Å². The zero-order valence-electron chi connectivity index (χ0n) is 8.66. The molecule has 0 atom stereocenters. The van der Waals surface area contributed by atoms with Crippen molar-refractivity contribution in [1.29, 1.82) is 0 Å². The van der Waals surface area contributed by atoms with Gasteiger partial charge in [-0.3, -0.25) is 4.79 Å². The van der Waals surface area contributed by atoms with Crippen molar-refractivity contribution in [2.24, 2.45) is 0 Å². The summed E-state index contributed by atoms with van der Waals surface area (Å²) in [5.74, 6) is -0.130. The lowest BCUT2D eigenvalue weighted by Gasteiger charge is -2.16. The fourth-order valence-electron chi connectivity index (χ4n) is 1.70. The van der Waals surface area contributed by atoms with Gasteiger partial charge in [0.25, 0.3) is 0 Å². The van der Waals surface area contributed by atoms with Gasteiger partial charge in [-0.25, -0.2) is 13.4 Å². The summed E-state index contributed by atoms with van der Waals surface area (Å²) in [5, 5.41) is 0.0864. The van der Waals surface area contributed by atoms with Crippen molar-refractivity contribution in [3.05, 3.63) is 28.0 Å². The van der Waals surface area contributed by atoms with Crippen molar-refractivity contribution in [1.82, 2.24) is 4.98 Å². The van der Waals surface area contributed by atoms with E-state index in [0.29, 0.717) is 17.7 Å². The van der Waals surface area contributed by atoms with Gasteiger partial charge in [0.05, 0.1) is 22.8 Å². The molecule has 0 unspecified atom stereocenters. The number of carbonyl (C=O) groups excluding carboxylic acids is 1. The molecule has 0 N–H and O–H groups in total. The molecule has 1 aliphatic heterocycles. The number of Topliss-reactive ketones (excluding diaryl/α,β-unsaturated/α-hetero) is 1. The van der Waals surface area contributed by atoms with Crippen LogP contribution in [-0.4, -0.2) is 24.9 Å². The highest BCUT2D eigenvalue weighted by molar-refractivity contribution is 7.90. The molecule has 0 saturated heterocycles. The van der Waals surface area contributed by atoms with Crippen LogP contribution in [0.3, 0.4) is 0 Å². The third-order valence-electron chi connectivity index (χ3n) is 2.56. The minimum atomic E-state index is -3.05. The van der Waals surface area contributed by atoms with Crippen molar-refractivity contribution in [3.63, 3.8) is 0 Å². The van der Waals surface area contributed by atoms with Gasteiger partial charge in [-0.2, -0.15) is 0 Å². The van der Waals surface area contributed by atoms with Crippen LogP contribution in [-0.2, 0) is 22.0 Å². The molecule has 4 nitrogen and oxygen atoms in total. The molecule has 0 radical (unpaired) electrons. The smallest absolute Gasteiger partial charge is 0.162 e. The van der Waals surface area contributed by atoms with Crippen LogP contribution in [0.1, 0.15) is 28.5 Å². The molecule has 0 aliphatic carbocycles. The van der Waals surface area contributed by atoms with Gasteiger partial charge in [0, 0.05) is 0 Å². The number of fused-ring (bicyclic) bond motifs is 1. The average molecular weight is 260 g/mol. The Bertz CT molecular complexity index is 566. The van der Waals surface area contributed by atoms with Gasteiger partial charge >= 0.3 is 0 Å². The number of sulfone groups is 1. The average Bonchev–Trinajstić information content (AvgIpc) is 2.14. The van der Waals surface area contributed by atoms with Crippen LogP contribution < -0.4 is 0 Å². The quantitative estimate of drug-likeness (QED) is 0.565. The van der Waals surface area contributed by atoms with Gasteiger partial charge in [-0.05, 0) is 25.0 Å². The zero-order valence-corrected chi connectivity index (χ0v) is 10.2. The maximum absolute atomic E-state index is 11.4. The molecule has 0 spiro atoms. The summed E-state index contributed by atoms with van der Waals surface area (Å²) in [4.78, 5) is 15.2. The Morgan fingerprint density at radius 1 is 1.50 bits per heavy atom. The van der Waals surface area contributed by atoms with Crippen LogP contribution in [0.4, 0.5) is 0 Å². The Balaban J connectivity index is 2.54. The van der Waals surface area contributed by atoms with Crippen LogP contribution in [0.25, 0.3) is 0 Å². The fourth-order valence-corrected chi connectivity index (χ4v) is 3.33. The number of aromatic nitrogens is 1. The summed E-state index contributed by atoms with van der Waals surface area (Å²) in [7, 11) is -3.05. The highest BCUT2D eigenvalue weighted by atomic mass is 35.5. The SMILES string of the molecule is CC(=O)c1cc2c(nc1Cl)CS(=O)(=O)CC2. The molecule has 16 heavy (non-hydrogen) atoms. The highest BCUT2D eigenvalue weighted by Crippen LogP contribution is 2.24. The Labute approximate surface area is 98.6 Å². The Morgan fingerprint density at radius 2 is 2.19 bits per heavy atom. The van der Waals surface area contributed by atoms with E-state index in [1.165, 1.54) is 6.92 Å². The molecule has 0 amide bonds. The zero-order chi connectivity index (χ0) is 11.9. The number of hydrogen-bond acceptors (Lipinski definition) is 4. The first kappa shape index (κ1) is 11.5. The Morgan fingerprint density at radius 3 is 2.81 bits per heavy atom. The van der Waals surface area contributed by atoms with Gasteiger partial charge < -0.3 is 0 Å². The number of pyridine rings is 1. The molecule has 0 fully saturated rings. The van der Waals surface area contributed by atoms with Gasteiger partial charge in [-0.15, -0.1) is 0 Å². The van der Waals surface area contributed by atoms with Crippen LogP contribution >= 0.6 is 11.6 Å². The summed E-state index contributed by atoms with van der Waals surface area (Å²) < 4.78 is 22.8. The highest BCUT2D eigenvalue weighted by Gasteiger charge is 2.24. The lowest BCUT2D eigenvalue weighted by atomic mass is 10.1. The lowest BCUT2D eigenvalue weighted by Crippen LogP contribution is -2.21. The first-order valence-electron chi connectivity index (χ1n) is 4.79. The number of nitrogens with zero attached hydrogens (tertiary/aromatic N) is 1. The van der Waals surface area contributed by atoms with Crippen molar-refractivity contribution in [3.8, 4) is 0 Å². The van der Waals surface area contributed by atoms with E-state index in [-0.39, 0.29) is 22.4 Å². The summed E-state index contributed by atoms with van der Waals surface area (Å²) in [5.41, 5.74) is 1.64. The van der Waals surface area contributed by atoms with E-state index < -0.39 is 9.84 Å². The number of ketones is 1. The second-order valence-electron chi connectivity index (χ2n) is 3.83. The molecule has 1 aromatic heterocycles. The normalized spacial score (nSPS) is 17.9. The third kappa shape index (κ3) is 2.10. The van der Waals surface area contributed by atoms with E-state index in [9.17, 15) is 13.2 Å². The number of rotatable bonds is 1. The van der Waals surface area contributed by atoms with Gasteiger partial charge in [0.15, 0.2) is 15.6 Å². The molecule has 86 valence electrons. The van der Waals surface area contributed by atoms with E-state index in [2.05, 4.69) is 4.98 Å². The van der Waals surface area contributed by atoms with Crippen molar-refractivity contribution < 1.29 is 13.2 Å². The second kappa shape index (κ2) is 3.82. The predicted octanol–water partition coefficient (Wildman–Crippen LogP) is 1.41. The molecular formula is C10H10ClNO3S. The molecule has 2 rings (SSSR count). The van der Waals surface area contributed by atoms with E-state index >= 15 is 0 Å². The van der Waals surface area contributed by atoms with Crippen LogP contribution in [0, 0.1) is 0 Å². The lowest BCUT2D eigenvalue weighted by molar-refractivity contribution is 0.101. The summed E-state index contributed by atoms with van der Waals surface area (Å²) in [6.07, 6.45) is 0.405. The third-order valence-corrected chi connectivity index (χ3v) is 4.39. The Kier molecular flexibility index (Phi) is 2.75. The second-order valence-corrected chi connectivity index (χ2v) is 6.37. The maximum Gasteiger partial charge on any atom is 0.162 e. The monoisotopic (exact) mass is 259 g/mol. The summed E-state index contributed by atoms with van der Waals surface area (Å²) in [6, 6.07) is 1.65. The minimum Gasteiger partial charge on any atom is -0.294 e. The topological polar surface area (TPSA) is 64.1 Å². The number of halogens is 1. The number of carbonyl (C=O) groups is 1. The maximum atomic E-state index is 11.4. The van der Waals surface area contributed by atoms with E-state index in [1.54, 1.807) is 6.07 Å². The molecule has 0 aromatic carbocycles. The van der Waals surface area contributed by atoms with Gasteiger partial charge in [-0.1, -0.05) is 11.6 Å². The standard InChI is InChI=1S/C10H10ClNO3S/c1-6(13)8-4-7-2-3-16(14,15)5-9(7)12-10(8)11/h4H,2-3,5H2,1H3. The van der Waals surface area contributed by atoms with Crippen molar-refractivity contribution in [2.45, 2.75) is 19.1 Å². The van der Waals surface area contributed by atoms with Crippen molar-refractivity contribution in [2.75, 3.05) is 5.75 Å². The largest absolute Gasteiger partial charge is 0.294 e. The number of hydrogen-bond donors (Lipinski definition) is 0. The summed E-state index contributed by atoms with van der Waals surface area (Å²) >= 11 is 5.82. The van der Waals surface area contributed by atoms with Crippen LogP contribution in [0.15, 0.2) is 6.07 Å². The van der Waals surface area contributed by atoms with E-state index in [1.807, 2.05) is 0 Å². The molecule has 0 saturated carbocycles. The van der Waals surface area contributed by atoms with Crippen molar-refractivity contribution >= 4 is 27.2 Å². The fraction of sp³-hybridized carbons (Fsp3) is 0.400. The predicted molar refractivity (Wildman–Crippen MR) is 60.4 cm³/mol. The van der Waals surface area contributed by atoms with Crippen LogP contribution in [0.5, 0.6) is 0 Å². The molecule has 2 heterocycles. The first-order valence-corrected chi connectivity index (χ1v) is 6.98. The van der Waals surface area contributed by atoms with Gasteiger partial charge in [0.2, 0.25) is 0 Å². The summed E-state index contributed by atoms with van der Waals surface area (Å²) in [6.45, 7) is 1.41. The van der Waals surface area contributed by atoms with E-state index in [4.69, 9.17) is 11.6 Å². The molecule has 1 aromatic rings. The number of aryl methyl sites for hydroxylation is 1. The minimum absolute atomic E-state index is 0.0831. The first-order chi connectivity index (χ1) is 7.39. The van der Waals surface area contributed by atoms with Crippen LogP contribution in [0.2, 0.25) is 5.15 Å². The van der Waals surface area contributed by atoms with Gasteiger partial charge in [0.1, 0.15) is 5.15 Å². The molecule has 1 aliphatic rings.